The third-order valence-electron chi connectivity index (χ3n) is 8.66. The molecule has 3 aliphatic heterocycles. The fraction of sp³-hybridized carbons (Fsp3) is 0.643. The topological polar surface area (TPSA) is 74.9 Å². The van der Waals surface area contributed by atoms with Crippen LogP contribution < -0.4 is 5.32 Å². The maximum Gasteiger partial charge on any atom is 0.252 e. The van der Waals surface area contributed by atoms with Crippen molar-refractivity contribution in [2.45, 2.75) is 44.2 Å². The molecule has 0 aliphatic carbocycles. The number of carbonyl (C=O) groups excluding carboxylic acids is 2. The smallest absolute Gasteiger partial charge is 0.252 e. The number of H-pyrrole nitrogens is 1. The van der Waals surface area contributed by atoms with Crippen molar-refractivity contribution in [2.75, 3.05) is 66.5 Å². The van der Waals surface area contributed by atoms with Crippen LogP contribution in [0.25, 0.3) is 10.9 Å². The first-order chi connectivity index (χ1) is 17.5. The molecule has 2 N–H and O–H groups in total. The van der Waals surface area contributed by atoms with Gasteiger partial charge in [-0.1, -0.05) is 6.07 Å². The van der Waals surface area contributed by atoms with E-state index in [1.165, 1.54) is 12.8 Å². The second kappa shape index (κ2) is 12.6. The molecule has 0 bridgehead atoms. The van der Waals surface area contributed by atoms with Crippen molar-refractivity contribution >= 4 is 35.1 Å². The highest BCUT2D eigenvalue weighted by Gasteiger charge is 2.33. The van der Waals surface area contributed by atoms with E-state index in [-0.39, 0.29) is 24.2 Å². The van der Waals surface area contributed by atoms with Gasteiger partial charge < -0.3 is 25.0 Å². The number of hydrogen-bond donors (Lipinski definition) is 2. The minimum Gasteiger partial charge on any atom is -0.361 e. The number of piperazine rings is 1. The number of nitrogens with one attached hydrogen (secondary N) is 2. The quantitative estimate of drug-likeness (QED) is 0.600. The van der Waals surface area contributed by atoms with Crippen molar-refractivity contribution in [1.29, 1.82) is 0 Å². The Kier molecular flexibility index (Phi) is 9.51. The number of aromatic amines is 1. The molecule has 0 saturated carbocycles. The number of rotatable bonds is 6. The first-order valence-electron chi connectivity index (χ1n) is 13.7. The van der Waals surface area contributed by atoms with E-state index in [1.54, 1.807) is 0 Å². The largest absolute Gasteiger partial charge is 0.361 e. The van der Waals surface area contributed by atoms with E-state index in [0.29, 0.717) is 17.5 Å². The predicted octanol–water partition coefficient (Wildman–Crippen LogP) is 2.66. The summed E-state index contributed by atoms with van der Waals surface area (Å²) in [4.78, 5) is 39.5. The highest BCUT2D eigenvalue weighted by atomic mass is 35.5. The van der Waals surface area contributed by atoms with Crippen molar-refractivity contribution in [3.05, 3.63) is 36.0 Å². The lowest BCUT2D eigenvalue weighted by atomic mass is 9.89. The van der Waals surface area contributed by atoms with Crippen molar-refractivity contribution < 1.29 is 9.59 Å². The van der Waals surface area contributed by atoms with Crippen LogP contribution in [0.2, 0.25) is 0 Å². The number of nitrogens with zero attached hydrogens (tertiary/aromatic N) is 4. The Morgan fingerprint density at radius 1 is 0.919 bits per heavy atom. The molecule has 9 heteroatoms. The third-order valence-corrected chi connectivity index (χ3v) is 8.66. The Hall–Kier alpha value is -2.13. The van der Waals surface area contributed by atoms with Gasteiger partial charge in [-0.15, -0.1) is 12.4 Å². The second-order valence-electron chi connectivity index (χ2n) is 11.2. The van der Waals surface area contributed by atoms with Crippen LogP contribution in [0.5, 0.6) is 0 Å². The molecule has 37 heavy (non-hydrogen) atoms. The summed E-state index contributed by atoms with van der Waals surface area (Å²) in [5.41, 5.74) is 1.53. The van der Waals surface area contributed by atoms with Gasteiger partial charge in [0.05, 0.1) is 0 Å². The molecule has 2 aromatic rings. The van der Waals surface area contributed by atoms with Gasteiger partial charge in [0.1, 0.15) is 6.04 Å². The molecule has 3 fully saturated rings. The number of benzene rings is 1. The molecule has 1 aromatic carbocycles. The van der Waals surface area contributed by atoms with Crippen LogP contribution in [-0.4, -0.2) is 115 Å². The summed E-state index contributed by atoms with van der Waals surface area (Å²) in [6.45, 7) is 7.78. The van der Waals surface area contributed by atoms with Crippen LogP contribution in [0.4, 0.5) is 0 Å². The Balaban J connectivity index is 0.00000320. The number of hydrogen-bond acceptors (Lipinski definition) is 5. The number of fused-ring (bicyclic) bond motifs is 1. The summed E-state index contributed by atoms with van der Waals surface area (Å²) in [5, 5.41) is 4.23. The summed E-state index contributed by atoms with van der Waals surface area (Å²) < 4.78 is 0. The monoisotopic (exact) mass is 530 g/mol. The van der Waals surface area contributed by atoms with Gasteiger partial charge in [0, 0.05) is 49.5 Å². The van der Waals surface area contributed by atoms with Crippen molar-refractivity contribution in [2.24, 2.45) is 5.92 Å². The first-order valence-corrected chi connectivity index (χ1v) is 13.7. The number of piperidine rings is 2. The summed E-state index contributed by atoms with van der Waals surface area (Å²) in [6, 6.07) is 7.84. The minimum absolute atomic E-state index is 0. The molecule has 1 aromatic heterocycles. The highest BCUT2D eigenvalue weighted by Crippen LogP contribution is 2.24. The van der Waals surface area contributed by atoms with Gasteiger partial charge >= 0.3 is 0 Å². The fourth-order valence-corrected chi connectivity index (χ4v) is 6.17. The molecule has 5 rings (SSSR count). The van der Waals surface area contributed by atoms with E-state index in [1.807, 2.05) is 35.4 Å². The summed E-state index contributed by atoms with van der Waals surface area (Å²) >= 11 is 0. The van der Waals surface area contributed by atoms with Crippen LogP contribution in [-0.2, 0) is 4.79 Å². The Morgan fingerprint density at radius 3 is 2.24 bits per heavy atom. The highest BCUT2D eigenvalue weighted by molar-refractivity contribution is 6.00. The molecule has 2 amide bonds. The van der Waals surface area contributed by atoms with E-state index in [2.05, 4.69) is 39.1 Å². The minimum atomic E-state index is -0.472. The van der Waals surface area contributed by atoms with E-state index in [4.69, 9.17) is 0 Å². The maximum absolute atomic E-state index is 13.8. The van der Waals surface area contributed by atoms with Gasteiger partial charge in [-0.2, -0.15) is 0 Å². The standard InChI is InChI=1S/C28H42N6O2.ClH/c1-31-11-6-21(7-12-31)19-26(30-27(35)23-4-3-22-5-10-29-25(22)20-23)28(36)34-17-15-33(16-18-34)24-8-13-32(2)14-9-24;/h3-5,10,20-21,24,26,29H,6-9,11-19H2,1-2H3,(H,30,35);1H/t26-;/m1./s1. The molecule has 0 radical (unpaired) electrons. The number of amides is 2. The lowest BCUT2D eigenvalue weighted by molar-refractivity contribution is -0.136. The van der Waals surface area contributed by atoms with E-state index in [0.717, 1.165) is 82.5 Å². The molecule has 3 aliphatic rings. The van der Waals surface area contributed by atoms with Crippen molar-refractivity contribution in [3.8, 4) is 0 Å². The Bertz CT molecular complexity index is 1040. The molecule has 0 spiro atoms. The molecule has 3 saturated heterocycles. The lowest BCUT2D eigenvalue weighted by Crippen LogP contribution is -2.57. The first kappa shape index (κ1) is 27.9. The average Bonchev–Trinajstić information content (AvgIpc) is 3.38. The zero-order chi connectivity index (χ0) is 25.1. The van der Waals surface area contributed by atoms with Crippen molar-refractivity contribution in [1.82, 2.24) is 29.9 Å². The zero-order valence-corrected chi connectivity index (χ0v) is 23.1. The third kappa shape index (κ3) is 6.85. The normalized spacial score (nSPS) is 22.1. The van der Waals surface area contributed by atoms with Crippen LogP contribution in [0, 0.1) is 5.92 Å². The summed E-state index contributed by atoms with van der Waals surface area (Å²) in [7, 11) is 4.35. The van der Waals surface area contributed by atoms with Crippen LogP contribution in [0.15, 0.2) is 30.5 Å². The van der Waals surface area contributed by atoms with Crippen LogP contribution >= 0.6 is 12.4 Å². The number of aromatic nitrogens is 1. The Morgan fingerprint density at radius 2 is 1.57 bits per heavy atom. The predicted molar refractivity (Wildman–Crippen MR) is 150 cm³/mol. The number of carbonyl (C=O) groups is 2. The van der Waals surface area contributed by atoms with E-state index in [9.17, 15) is 9.59 Å². The average molecular weight is 531 g/mol. The fourth-order valence-electron chi connectivity index (χ4n) is 6.17. The van der Waals surface area contributed by atoms with Gasteiger partial charge in [-0.3, -0.25) is 14.5 Å². The molecule has 1 atom stereocenters. The van der Waals surface area contributed by atoms with Crippen molar-refractivity contribution in [3.63, 3.8) is 0 Å². The molecule has 8 nitrogen and oxygen atoms in total. The van der Waals surface area contributed by atoms with Gasteiger partial charge in [-0.25, -0.2) is 0 Å². The number of halogens is 1. The lowest BCUT2D eigenvalue weighted by Gasteiger charge is -2.43. The SMILES string of the molecule is CN1CCC(C[C@@H](NC(=O)c2ccc3cc[nH]c3c2)C(=O)N2CCN(C3CCN(C)CC3)CC2)CC1.Cl. The second-order valence-corrected chi connectivity index (χ2v) is 11.2. The maximum atomic E-state index is 13.8. The number of likely N-dealkylation sites (tertiary alicyclic amines) is 2. The summed E-state index contributed by atoms with van der Waals surface area (Å²) in [6.07, 6.45) is 7.18. The van der Waals surface area contributed by atoms with E-state index < -0.39 is 6.04 Å². The van der Waals surface area contributed by atoms with Crippen LogP contribution in [0.3, 0.4) is 0 Å². The molecule has 204 valence electrons. The van der Waals surface area contributed by atoms with Gasteiger partial charge in [-0.05, 0) is 102 Å². The van der Waals surface area contributed by atoms with Gasteiger partial charge in [0.25, 0.3) is 5.91 Å². The van der Waals surface area contributed by atoms with Crippen LogP contribution in [0.1, 0.15) is 42.5 Å². The van der Waals surface area contributed by atoms with Gasteiger partial charge in [0.2, 0.25) is 5.91 Å². The Labute approximate surface area is 227 Å². The van der Waals surface area contributed by atoms with Gasteiger partial charge in [0.15, 0.2) is 0 Å². The molecule has 0 unspecified atom stereocenters. The molecule has 4 heterocycles. The molecular weight excluding hydrogens is 488 g/mol. The zero-order valence-electron chi connectivity index (χ0n) is 22.3. The summed E-state index contributed by atoms with van der Waals surface area (Å²) in [5.74, 6) is 0.385. The van der Waals surface area contributed by atoms with E-state index >= 15 is 0 Å². The molecular formula is C28H43ClN6O2.